The topological polar surface area (TPSA) is 84.3 Å². The fraction of sp³-hybridized carbons (Fsp3) is 0.444. The summed E-state index contributed by atoms with van der Waals surface area (Å²) in [6.07, 6.45) is 4.37. The second-order valence-electron chi connectivity index (χ2n) is 6.55. The molecule has 2 aromatic rings. The first-order valence-corrected chi connectivity index (χ1v) is 10.2. The number of nitrogens with one attached hydrogen (secondary N) is 1. The van der Waals surface area contributed by atoms with Crippen LogP contribution in [0.5, 0.6) is 0 Å². The number of sulfonamides is 1. The second-order valence-corrected chi connectivity index (χ2v) is 8.43. The van der Waals surface area contributed by atoms with Crippen molar-refractivity contribution >= 4 is 21.6 Å². The van der Waals surface area contributed by atoms with Crippen LogP contribution in [0, 0.1) is 12.8 Å². The van der Waals surface area contributed by atoms with Gasteiger partial charge in [0.25, 0.3) is 10.0 Å². The van der Waals surface area contributed by atoms with Crippen LogP contribution in [0.25, 0.3) is 0 Å². The van der Waals surface area contributed by atoms with E-state index in [9.17, 15) is 13.2 Å². The van der Waals surface area contributed by atoms with Gasteiger partial charge in [-0.25, -0.2) is 13.4 Å². The third-order valence-electron chi connectivity index (χ3n) is 4.74. The van der Waals surface area contributed by atoms with E-state index in [1.165, 1.54) is 16.8 Å². The summed E-state index contributed by atoms with van der Waals surface area (Å²) in [4.78, 5) is 16.6. The first-order valence-electron chi connectivity index (χ1n) is 8.80. The van der Waals surface area contributed by atoms with Crippen molar-refractivity contribution in [1.29, 1.82) is 0 Å². The molecule has 0 radical (unpaired) electrons. The van der Waals surface area contributed by atoms with Crippen LogP contribution in [-0.2, 0) is 21.4 Å². The van der Waals surface area contributed by atoms with Crippen molar-refractivity contribution in [3.8, 4) is 0 Å². The number of benzene rings is 1. The minimum absolute atomic E-state index is 0.0410. The van der Waals surface area contributed by atoms with Crippen molar-refractivity contribution in [2.24, 2.45) is 5.92 Å². The highest BCUT2D eigenvalue weighted by atomic mass is 32.2. The third-order valence-corrected chi connectivity index (χ3v) is 6.49. The average molecular weight is 376 g/mol. The Morgan fingerprint density at radius 1 is 1.35 bits per heavy atom. The molecule has 140 valence electrons. The number of piperidine rings is 1. The van der Waals surface area contributed by atoms with E-state index in [1.54, 1.807) is 4.57 Å². The molecule has 0 spiro atoms. The van der Waals surface area contributed by atoms with Crippen LogP contribution in [0.4, 0.5) is 5.69 Å². The number of amides is 1. The highest BCUT2D eigenvalue weighted by molar-refractivity contribution is 7.89. The van der Waals surface area contributed by atoms with E-state index in [0.717, 1.165) is 11.3 Å². The number of hydrogen-bond acceptors (Lipinski definition) is 4. The fourth-order valence-corrected chi connectivity index (χ4v) is 4.56. The van der Waals surface area contributed by atoms with E-state index in [-0.39, 0.29) is 23.4 Å². The maximum Gasteiger partial charge on any atom is 0.262 e. The molecule has 2 heterocycles. The summed E-state index contributed by atoms with van der Waals surface area (Å²) in [7, 11) is -3.68. The number of nitrogens with zero attached hydrogens (tertiary/aromatic N) is 3. The normalized spacial score (nSPS) is 18.6. The zero-order valence-electron chi connectivity index (χ0n) is 15.1. The van der Waals surface area contributed by atoms with Crippen molar-refractivity contribution < 1.29 is 13.2 Å². The highest BCUT2D eigenvalue weighted by Crippen LogP contribution is 2.24. The molecule has 1 aliphatic heterocycles. The van der Waals surface area contributed by atoms with Crippen LogP contribution in [0.1, 0.15) is 25.3 Å². The molecule has 1 unspecified atom stereocenters. The Balaban J connectivity index is 1.72. The van der Waals surface area contributed by atoms with Crippen LogP contribution in [0.15, 0.2) is 41.8 Å². The first-order chi connectivity index (χ1) is 12.4. The van der Waals surface area contributed by atoms with Crippen molar-refractivity contribution in [2.45, 2.75) is 38.3 Å². The van der Waals surface area contributed by atoms with Crippen molar-refractivity contribution in [3.63, 3.8) is 0 Å². The van der Waals surface area contributed by atoms with Gasteiger partial charge in [0.15, 0.2) is 5.03 Å². The molecule has 1 amide bonds. The van der Waals surface area contributed by atoms with E-state index in [1.807, 2.05) is 38.1 Å². The molecule has 1 aliphatic rings. The van der Waals surface area contributed by atoms with Crippen molar-refractivity contribution in [2.75, 3.05) is 18.4 Å². The Labute approximate surface area is 154 Å². The number of carbonyl (C=O) groups excluding carboxylic acids is 1. The van der Waals surface area contributed by atoms with E-state index in [4.69, 9.17) is 0 Å². The molecule has 1 N–H and O–H groups in total. The minimum Gasteiger partial charge on any atom is -0.336 e. The van der Waals surface area contributed by atoms with Gasteiger partial charge in [-0.1, -0.05) is 18.2 Å². The van der Waals surface area contributed by atoms with E-state index < -0.39 is 10.0 Å². The molecular weight excluding hydrogens is 352 g/mol. The molecule has 26 heavy (non-hydrogen) atoms. The lowest BCUT2D eigenvalue weighted by Gasteiger charge is -2.30. The van der Waals surface area contributed by atoms with Crippen LogP contribution in [-0.4, -0.2) is 41.3 Å². The lowest BCUT2D eigenvalue weighted by molar-refractivity contribution is -0.120. The number of aryl methyl sites for hydroxylation is 2. The molecular formula is C18H24N4O3S. The van der Waals surface area contributed by atoms with Crippen molar-refractivity contribution in [3.05, 3.63) is 42.4 Å². The summed E-state index contributed by atoms with van der Waals surface area (Å²) < 4.78 is 28.7. The Hall–Kier alpha value is -2.19. The Morgan fingerprint density at radius 2 is 2.12 bits per heavy atom. The van der Waals surface area contributed by atoms with Gasteiger partial charge in [0.2, 0.25) is 5.91 Å². The first kappa shape index (κ1) is 18.6. The minimum atomic E-state index is -3.68. The zero-order valence-corrected chi connectivity index (χ0v) is 15.9. The molecule has 1 aromatic heterocycles. The van der Waals surface area contributed by atoms with Gasteiger partial charge in [-0.05, 0) is 38.3 Å². The summed E-state index contributed by atoms with van der Waals surface area (Å²) in [6, 6.07) is 7.55. The van der Waals surface area contributed by atoms with Crippen LogP contribution in [0.2, 0.25) is 0 Å². The standard InChI is InChI=1S/C18H24N4O3S/c1-3-21-12-17(19-13-21)26(24,25)22-10-6-8-15(11-22)18(23)20-16-9-5-4-7-14(16)2/h4-5,7,9,12-13,15H,3,6,8,10-11H2,1-2H3,(H,20,23). The Kier molecular flexibility index (Phi) is 5.43. The predicted molar refractivity (Wildman–Crippen MR) is 99.2 cm³/mol. The van der Waals surface area contributed by atoms with Gasteiger partial charge in [0.1, 0.15) is 0 Å². The van der Waals surface area contributed by atoms with Crippen LogP contribution < -0.4 is 5.32 Å². The van der Waals surface area contributed by atoms with E-state index in [2.05, 4.69) is 10.3 Å². The van der Waals surface area contributed by atoms with Gasteiger partial charge in [0.05, 0.1) is 12.2 Å². The summed E-state index contributed by atoms with van der Waals surface area (Å²) in [5.74, 6) is -0.510. The van der Waals surface area contributed by atoms with Crippen LogP contribution >= 0.6 is 0 Å². The number of hydrogen-bond donors (Lipinski definition) is 1. The number of anilines is 1. The average Bonchev–Trinajstić information content (AvgIpc) is 3.14. The molecule has 1 aromatic carbocycles. The molecule has 3 rings (SSSR count). The zero-order chi connectivity index (χ0) is 18.7. The van der Waals surface area contributed by atoms with Gasteiger partial charge in [0, 0.05) is 31.5 Å². The number of carbonyl (C=O) groups is 1. The maximum absolute atomic E-state index is 12.8. The smallest absolute Gasteiger partial charge is 0.262 e. The molecule has 8 heteroatoms. The number of aromatic nitrogens is 2. The maximum atomic E-state index is 12.8. The van der Waals surface area contributed by atoms with Crippen LogP contribution in [0.3, 0.4) is 0 Å². The number of para-hydroxylation sites is 1. The summed E-state index contributed by atoms with van der Waals surface area (Å²) in [6.45, 7) is 5.10. The summed E-state index contributed by atoms with van der Waals surface area (Å²) >= 11 is 0. The Morgan fingerprint density at radius 3 is 2.81 bits per heavy atom. The molecule has 0 aliphatic carbocycles. The fourth-order valence-electron chi connectivity index (χ4n) is 3.10. The second kappa shape index (κ2) is 7.59. The summed E-state index contributed by atoms with van der Waals surface area (Å²) in [5.41, 5.74) is 1.74. The molecule has 7 nitrogen and oxygen atoms in total. The largest absolute Gasteiger partial charge is 0.336 e. The summed E-state index contributed by atoms with van der Waals surface area (Å²) in [5, 5.41) is 2.97. The molecule has 1 saturated heterocycles. The molecule has 1 fully saturated rings. The van der Waals surface area contributed by atoms with E-state index >= 15 is 0 Å². The van der Waals surface area contributed by atoms with Gasteiger partial charge in [-0.3, -0.25) is 4.79 Å². The number of rotatable bonds is 5. The Bertz CT molecular complexity index is 891. The van der Waals surface area contributed by atoms with E-state index in [0.29, 0.717) is 25.9 Å². The molecule has 0 bridgehead atoms. The molecule has 1 atom stereocenters. The predicted octanol–water partition coefficient (Wildman–Crippen LogP) is 2.25. The quantitative estimate of drug-likeness (QED) is 0.867. The highest BCUT2D eigenvalue weighted by Gasteiger charge is 2.34. The lowest BCUT2D eigenvalue weighted by Crippen LogP contribution is -2.43. The third kappa shape index (κ3) is 3.81. The van der Waals surface area contributed by atoms with Gasteiger partial charge in [-0.15, -0.1) is 0 Å². The monoisotopic (exact) mass is 376 g/mol. The van der Waals surface area contributed by atoms with Gasteiger partial charge >= 0.3 is 0 Å². The number of imidazole rings is 1. The van der Waals surface area contributed by atoms with Gasteiger partial charge < -0.3 is 9.88 Å². The SMILES string of the molecule is CCn1cnc(S(=O)(=O)N2CCCC(C(=O)Nc3ccccc3C)C2)c1. The van der Waals surface area contributed by atoms with Crippen molar-refractivity contribution in [1.82, 2.24) is 13.9 Å². The molecule has 0 saturated carbocycles. The van der Waals surface area contributed by atoms with Gasteiger partial charge in [-0.2, -0.15) is 4.31 Å². The lowest BCUT2D eigenvalue weighted by atomic mass is 9.98.